The van der Waals surface area contributed by atoms with Gasteiger partial charge in [0.05, 0.1) is 0 Å². The van der Waals surface area contributed by atoms with Gasteiger partial charge in [0.1, 0.15) is 16.9 Å². The fourth-order valence-corrected chi connectivity index (χ4v) is 3.85. The van der Waals surface area contributed by atoms with Crippen LogP contribution in [0.2, 0.25) is 0 Å². The number of amides is 1. The number of fused-ring (bicyclic) bond motifs is 2. The number of carbonyl (C=O) groups excluding carboxylic acids is 1. The molecule has 2 aromatic carbocycles. The molecule has 0 radical (unpaired) electrons. The summed E-state index contributed by atoms with van der Waals surface area (Å²) < 4.78 is 7.18. The molecule has 0 bridgehead atoms. The van der Waals surface area contributed by atoms with Crippen molar-refractivity contribution >= 4 is 56.2 Å². The van der Waals surface area contributed by atoms with E-state index in [-0.39, 0.29) is 10.9 Å². The number of nitrogens with one attached hydrogen (secondary N) is 2. The number of carbonyl (C=O) groups is 1. The number of nitrogens with zero attached hydrogens (tertiary/aromatic N) is 4. The lowest BCUT2D eigenvalue weighted by Crippen LogP contribution is -2.33. The predicted octanol–water partition coefficient (Wildman–Crippen LogP) is 3.73. The van der Waals surface area contributed by atoms with Crippen LogP contribution in [-0.4, -0.2) is 30.8 Å². The largest absolute Gasteiger partial charge is 0.451 e. The van der Waals surface area contributed by atoms with Gasteiger partial charge in [-0.3, -0.25) is 10.1 Å². The Hall–Kier alpha value is -3.63. The van der Waals surface area contributed by atoms with E-state index in [9.17, 15) is 4.79 Å². The van der Waals surface area contributed by atoms with Gasteiger partial charge in [-0.15, -0.1) is 10.2 Å². The Morgan fingerprint density at radius 3 is 2.90 bits per heavy atom. The van der Waals surface area contributed by atoms with Crippen LogP contribution >= 0.6 is 23.6 Å². The summed E-state index contributed by atoms with van der Waals surface area (Å²) in [5, 5.41) is 19.7. The third kappa shape index (κ3) is 3.46. The first-order valence-electron chi connectivity index (χ1n) is 8.54. The smallest absolute Gasteiger partial charge is 0.293 e. The van der Waals surface area contributed by atoms with Gasteiger partial charge in [0.2, 0.25) is 4.96 Å². The molecule has 29 heavy (non-hydrogen) atoms. The van der Waals surface area contributed by atoms with Crippen molar-refractivity contribution < 1.29 is 9.21 Å². The summed E-state index contributed by atoms with van der Waals surface area (Å²) in [6, 6.07) is 16.7. The Labute approximate surface area is 173 Å². The molecule has 142 valence electrons. The van der Waals surface area contributed by atoms with Crippen LogP contribution in [0.4, 0.5) is 5.69 Å². The van der Waals surface area contributed by atoms with Crippen molar-refractivity contribution in [2.24, 2.45) is 0 Å². The van der Waals surface area contributed by atoms with Crippen LogP contribution < -0.4 is 10.6 Å². The molecule has 2 N–H and O–H groups in total. The van der Waals surface area contributed by atoms with Crippen LogP contribution in [0.15, 0.2) is 65.3 Å². The van der Waals surface area contributed by atoms with E-state index in [0.717, 1.165) is 21.6 Å². The first-order chi connectivity index (χ1) is 14.2. The van der Waals surface area contributed by atoms with E-state index in [4.69, 9.17) is 16.6 Å². The summed E-state index contributed by atoms with van der Waals surface area (Å²) >= 11 is 6.70. The highest BCUT2D eigenvalue weighted by Gasteiger charge is 2.14. The summed E-state index contributed by atoms with van der Waals surface area (Å²) in [6.45, 7) is 0. The SMILES string of the molecule is O=C(NC(=S)Nc1cccc(-c2nn3cnnc3s2)c1)c1cc2ccccc2o1. The van der Waals surface area contributed by atoms with Crippen LogP contribution in [0.3, 0.4) is 0 Å². The minimum Gasteiger partial charge on any atom is -0.451 e. The maximum atomic E-state index is 12.4. The summed E-state index contributed by atoms with van der Waals surface area (Å²) in [4.78, 5) is 13.1. The van der Waals surface area contributed by atoms with E-state index in [2.05, 4.69) is 25.9 Å². The number of hydrogen-bond acceptors (Lipinski definition) is 7. The van der Waals surface area contributed by atoms with E-state index in [1.54, 1.807) is 23.0 Å². The monoisotopic (exact) mass is 420 g/mol. The molecule has 0 saturated carbocycles. The molecule has 5 rings (SSSR count). The standard InChI is InChI=1S/C19H12N6O2S2/c26-16(15-9-11-4-1-2-7-14(11)27-15)22-18(28)21-13-6-3-5-12(8-13)17-24-25-10-20-23-19(25)29-17/h1-10H,(H2,21,22,26,28). The fraction of sp³-hybridized carbons (Fsp3) is 0. The topological polar surface area (TPSA) is 97.4 Å². The Morgan fingerprint density at radius 1 is 1.14 bits per heavy atom. The maximum Gasteiger partial charge on any atom is 0.293 e. The second-order valence-electron chi connectivity index (χ2n) is 6.10. The number of anilines is 1. The van der Waals surface area contributed by atoms with Gasteiger partial charge in [-0.05, 0) is 36.5 Å². The van der Waals surface area contributed by atoms with Crippen molar-refractivity contribution in [3.63, 3.8) is 0 Å². The molecule has 10 heteroatoms. The Bertz CT molecular complexity index is 1310. The molecule has 0 aliphatic rings. The molecule has 0 fully saturated rings. The minimum absolute atomic E-state index is 0.172. The molecule has 5 aromatic rings. The molecule has 0 atom stereocenters. The predicted molar refractivity (Wildman–Crippen MR) is 114 cm³/mol. The fourth-order valence-electron chi connectivity index (χ4n) is 2.83. The zero-order chi connectivity index (χ0) is 19.8. The normalized spacial score (nSPS) is 11.0. The first kappa shape index (κ1) is 17.5. The lowest BCUT2D eigenvalue weighted by Gasteiger charge is -2.09. The summed E-state index contributed by atoms with van der Waals surface area (Å²) in [7, 11) is 0. The number of benzene rings is 2. The summed E-state index contributed by atoms with van der Waals surface area (Å²) in [6.07, 6.45) is 1.56. The van der Waals surface area contributed by atoms with Crippen LogP contribution in [0.5, 0.6) is 0 Å². The Kier molecular flexibility index (Phi) is 4.26. The highest BCUT2D eigenvalue weighted by Crippen LogP contribution is 2.26. The molecule has 0 aliphatic heterocycles. The van der Waals surface area contributed by atoms with Crippen LogP contribution in [-0.2, 0) is 0 Å². The highest BCUT2D eigenvalue weighted by atomic mass is 32.1. The molecule has 0 spiro atoms. The lowest BCUT2D eigenvalue weighted by molar-refractivity contribution is 0.0953. The van der Waals surface area contributed by atoms with E-state index in [1.165, 1.54) is 11.3 Å². The second kappa shape index (κ2) is 7.08. The molecular weight excluding hydrogens is 408 g/mol. The van der Waals surface area contributed by atoms with E-state index in [0.29, 0.717) is 10.5 Å². The van der Waals surface area contributed by atoms with Crippen molar-refractivity contribution in [1.82, 2.24) is 25.1 Å². The van der Waals surface area contributed by atoms with Gasteiger partial charge >= 0.3 is 0 Å². The molecule has 8 nitrogen and oxygen atoms in total. The van der Waals surface area contributed by atoms with E-state index in [1.807, 2.05) is 42.5 Å². The molecular formula is C19H12N6O2S2. The molecule has 0 saturated heterocycles. The van der Waals surface area contributed by atoms with Crippen LogP contribution in [0.1, 0.15) is 10.6 Å². The second-order valence-corrected chi connectivity index (χ2v) is 7.47. The van der Waals surface area contributed by atoms with Gasteiger partial charge in [0.15, 0.2) is 10.9 Å². The van der Waals surface area contributed by atoms with E-state index >= 15 is 0 Å². The molecule has 3 heterocycles. The number of furan rings is 1. The average molecular weight is 420 g/mol. The van der Waals surface area contributed by atoms with Crippen LogP contribution in [0.25, 0.3) is 26.5 Å². The molecule has 1 amide bonds. The van der Waals surface area contributed by atoms with Crippen molar-refractivity contribution in [2.75, 3.05) is 5.32 Å². The molecule has 3 aromatic heterocycles. The zero-order valence-electron chi connectivity index (χ0n) is 14.7. The number of hydrogen-bond donors (Lipinski definition) is 2. The van der Waals surface area contributed by atoms with Gasteiger partial charge in [0, 0.05) is 16.6 Å². The Morgan fingerprint density at radius 2 is 2.03 bits per heavy atom. The quantitative estimate of drug-likeness (QED) is 0.429. The van der Waals surface area contributed by atoms with Gasteiger partial charge in [-0.25, -0.2) is 0 Å². The number of para-hydroxylation sites is 1. The van der Waals surface area contributed by atoms with E-state index < -0.39 is 5.91 Å². The molecule has 0 aliphatic carbocycles. The van der Waals surface area contributed by atoms with Crippen molar-refractivity contribution in [3.8, 4) is 10.6 Å². The van der Waals surface area contributed by atoms with Gasteiger partial charge in [-0.2, -0.15) is 9.61 Å². The summed E-state index contributed by atoms with van der Waals surface area (Å²) in [5.41, 5.74) is 2.27. The number of thiocarbonyl (C=S) groups is 1. The first-order valence-corrected chi connectivity index (χ1v) is 9.76. The van der Waals surface area contributed by atoms with Gasteiger partial charge in [0.25, 0.3) is 5.91 Å². The number of rotatable bonds is 3. The third-order valence-corrected chi connectivity index (χ3v) is 5.30. The van der Waals surface area contributed by atoms with Crippen LogP contribution in [0, 0.1) is 0 Å². The number of aromatic nitrogens is 4. The zero-order valence-corrected chi connectivity index (χ0v) is 16.3. The van der Waals surface area contributed by atoms with Gasteiger partial charge < -0.3 is 9.73 Å². The molecule has 0 unspecified atom stereocenters. The van der Waals surface area contributed by atoms with Gasteiger partial charge in [-0.1, -0.05) is 41.7 Å². The Balaban J connectivity index is 1.30. The average Bonchev–Trinajstić information content (AvgIpc) is 3.42. The highest BCUT2D eigenvalue weighted by molar-refractivity contribution is 7.80. The maximum absolute atomic E-state index is 12.4. The lowest BCUT2D eigenvalue weighted by atomic mass is 10.2. The van der Waals surface area contributed by atoms with Crippen molar-refractivity contribution in [1.29, 1.82) is 0 Å². The van der Waals surface area contributed by atoms with Crippen molar-refractivity contribution in [3.05, 3.63) is 66.7 Å². The minimum atomic E-state index is -0.413. The third-order valence-electron chi connectivity index (χ3n) is 4.13. The summed E-state index contributed by atoms with van der Waals surface area (Å²) in [5.74, 6) is -0.215. The van der Waals surface area contributed by atoms with Crippen molar-refractivity contribution in [2.45, 2.75) is 0 Å².